The van der Waals surface area contributed by atoms with E-state index in [0.29, 0.717) is 5.03 Å². The Morgan fingerprint density at radius 1 is 1.50 bits per heavy atom. The minimum atomic E-state index is 0.550. The molecule has 0 aliphatic rings. The van der Waals surface area contributed by atoms with Crippen LogP contribution in [0.3, 0.4) is 0 Å². The van der Waals surface area contributed by atoms with E-state index in [0.717, 1.165) is 16.8 Å². The van der Waals surface area contributed by atoms with E-state index in [9.17, 15) is 0 Å². The zero-order valence-electron chi connectivity index (χ0n) is 9.50. The van der Waals surface area contributed by atoms with Gasteiger partial charge in [-0.2, -0.15) is 0 Å². The maximum Gasteiger partial charge on any atom is 0.0591 e. The molecule has 84 valence electrons. The second-order valence-corrected chi connectivity index (χ2v) is 4.03. The van der Waals surface area contributed by atoms with E-state index >= 15 is 0 Å². The van der Waals surface area contributed by atoms with Gasteiger partial charge in [0.2, 0.25) is 0 Å². The fourth-order valence-electron chi connectivity index (χ4n) is 1.47. The third kappa shape index (κ3) is 3.24. The van der Waals surface area contributed by atoms with Gasteiger partial charge in [-0.05, 0) is 55.5 Å². The molecule has 0 aliphatic carbocycles. The highest BCUT2D eigenvalue weighted by atomic mass is 35.5. The summed E-state index contributed by atoms with van der Waals surface area (Å²) in [5, 5.41) is 0.550. The van der Waals surface area contributed by atoms with Crippen LogP contribution in [0.1, 0.15) is 18.1 Å². The zero-order valence-corrected chi connectivity index (χ0v) is 10.3. The lowest BCUT2D eigenvalue weighted by atomic mass is 10.0. The normalized spacial score (nSPS) is 12.7. The highest BCUT2D eigenvalue weighted by Gasteiger charge is 2.01. The van der Waals surface area contributed by atoms with Gasteiger partial charge in [0, 0.05) is 11.9 Å². The Balaban J connectivity index is 3.13. The Hall–Kier alpha value is -1.54. The fraction of sp³-hybridized carbons (Fsp3) is 0.154. The van der Waals surface area contributed by atoms with Crippen LogP contribution in [0.15, 0.2) is 40.5 Å². The van der Waals surface area contributed by atoms with Crippen molar-refractivity contribution in [1.29, 1.82) is 0 Å². The maximum atomic E-state index is 5.94. The summed E-state index contributed by atoms with van der Waals surface area (Å²) in [5.74, 6) is 0. The Labute approximate surface area is 101 Å². The summed E-state index contributed by atoms with van der Waals surface area (Å²) in [5.41, 5.74) is 9.81. The van der Waals surface area contributed by atoms with E-state index in [-0.39, 0.29) is 0 Å². The summed E-state index contributed by atoms with van der Waals surface area (Å²) in [6, 6.07) is 5.81. The summed E-state index contributed by atoms with van der Waals surface area (Å²) < 4.78 is 0. The molecule has 1 rings (SSSR count). The number of halogens is 1. The Kier molecular flexibility index (Phi) is 4.32. The van der Waals surface area contributed by atoms with Crippen molar-refractivity contribution >= 4 is 29.6 Å². The molecule has 0 bridgehead atoms. The summed E-state index contributed by atoms with van der Waals surface area (Å²) in [4.78, 5) is 3.61. The third-order valence-corrected chi connectivity index (χ3v) is 2.46. The monoisotopic (exact) mass is 234 g/mol. The minimum absolute atomic E-state index is 0.550. The van der Waals surface area contributed by atoms with Crippen LogP contribution in [0.4, 0.5) is 5.69 Å². The number of nitrogens with zero attached hydrogens (tertiary/aromatic N) is 1. The van der Waals surface area contributed by atoms with Crippen molar-refractivity contribution in [3.63, 3.8) is 0 Å². The molecule has 0 unspecified atom stereocenters. The Morgan fingerprint density at radius 3 is 2.81 bits per heavy atom. The molecule has 0 atom stereocenters. The van der Waals surface area contributed by atoms with E-state index in [4.69, 9.17) is 17.3 Å². The standard InChI is InChI=1S/C13H15ClN2/c1-9-4-5-12(15)7-13(9)10(2)6-11(14)8-16-3/h4-8H,3,15H2,1-2H3/b10-6+,11-8+. The first-order chi connectivity index (χ1) is 7.54. The number of hydrogen-bond acceptors (Lipinski definition) is 2. The largest absolute Gasteiger partial charge is 0.399 e. The van der Waals surface area contributed by atoms with Crippen LogP contribution in [-0.2, 0) is 0 Å². The predicted molar refractivity (Wildman–Crippen MR) is 72.7 cm³/mol. The van der Waals surface area contributed by atoms with Gasteiger partial charge in [-0.25, -0.2) is 0 Å². The van der Waals surface area contributed by atoms with Gasteiger partial charge in [0.25, 0.3) is 0 Å². The number of anilines is 1. The predicted octanol–water partition coefficient (Wildman–Crippen LogP) is 3.76. The van der Waals surface area contributed by atoms with Gasteiger partial charge >= 0.3 is 0 Å². The lowest BCUT2D eigenvalue weighted by molar-refractivity contribution is 1.41. The third-order valence-electron chi connectivity index (χ3n) is 2.26. The maximum absolute atomic E-state index is 5.94. The number of nitrogens with two attached hydrogens (primary N) is 1. The highest BCUT2D eigenvalue weighted by molar-refractivity contribution is 6.31. The van der Waals surface area contributed by atoms with Crippen molar-refractivity contribution in [1.82, 2.24) is 0 Å². The average molecular weight is 235 g/mol. The van der Waals surface area contributed by atoms with Crippen molar-refractivity contribution < 1.29 is 0 Å². The highest BCUT2D eigenvalue weighted by Crippen LogP contribution is 2.23. The molecule has 0 aliphatic heterocycles. The van der Waals surface area contributed by atoms with E-state index < -0.39 is 0 Å². The molecule has 1 aromatic rings. The molecular formula is C13H15ClN2. The second-order valence-electron chi connectivity index (χ2n) is 3.60. The van der Waals surface area contributed by atoms with Gasteiger partial charge in [-0.3, -0.25) is 4.99 Å². The van der Waals surface area contributed by atoms with Gasteiger partial charge in [0.15, 0.2) is 0 Å². The molecule has 0 amide bonds. The zero-order chi connectivity index (χ0) is 12.1. The summed E-state index contributed by atoms with van der Waals surface area (Å²) in [6.07, 6.45) is 3.35. The number of hydrogen-bond donors (Lipinski definition) is 1. The van der Waals surface area contributed by atoms with Crippen molar-refractivity contribution in [2.45, 2.75) is 13.8 Å². The van der Waals surface area contributed by atoms with Crippen LogP contribution in [0.2, 0.25) is 0 Å². The SMILES string of the molecule is C=N/C=C(Cl)\C=C(/C)c1cc(N)ccc1C. The van der Waals surface area contributed by atoms with Gasteiger partial charge in [0.05, 0.1) is 5.03 Å². The molecular weight excluding hydrogens is 220 g/mol. The molecule has 2 nitrogen and oxygen atoms in total. The number of aliphatic imine (C=N–C) groups is 1. The van der Waals surface area contributed by atoms with Gasteiger partial charge in [0.1, 0.15) is 0 Å². The molecule has 3 heteroatoms. The molecule has 0 saturated heterocycles. The lowest BCUT2D eigenvalue weighted by Gasteiger charge is -2.07. The molecule has 0 spiro atoms. The van der Waals surface area contributed by atoms with Crippen LogP contribution >= 0.6 is 11.6 Å². The Morgan fingerprint density at radius 2 is 2.19 bits per heavy atom. The molecule has 0 saturated carbocycles. The van der Waals surface area contributed by atoms with E-state index in [1.54, 1.807) is 0 Å². The topological polar surface area (TPSA) is 38.4 Å². The number of nitrogen functional groups attached to an aromatic ring is 1. The van der Waals surface area contributed by atoms with Crippen LogP contribution in [0, 0.1) is 6.92 Å². The molecule has 0 fully saturated rings. The molecule has 0 heterocycles. The number of rotatable bonds is 3. The first kappa shape index (κ1) is 12.5. The van der Waals surface area contributed by atoms with Crippen molar-refractivity contribution in [2.24, 2.45) is 4.99 Å². The summed E-state index contributed by atoms with van der Waals surface area (Å²) in [6.45, 7) is 7.38. The molecule has 0 radical (unpaired) electrons. The van der Waals surface area contributed by atoms with E-state index in [2.05, 4.69) is 11.7 Å². The van der Waals surface area contributed by atoms with Crippen molar-refractivity contribution in [2.75, 3.05) is 5.73 Å². The van der Waals surface area contributed by atoms with E-state index in [1.807, 2.05) is 38.1 Å². The lowest BCUT2D eigenvalue weighted by Crippen LogP contribution is -1.90. The first-order valence-corrected chi connectivity index (χ1v) is 5.28. The van der Waals surface area contributed by atoms with Crippen LogP contribution in [0.25, 0.3) is 5.57 Å². The molecule has 0 aromatic heterocycles. The van der Waals surface area contributed by atoms with Gasteiger partial charge in [-0.15, -0.1) is 0 Å². The smallest absolute Gasteiger partial charge is 0.0591 e. The van der Waals surface area contributed by atoms with E-state index in [1.165, 1.54) is 11.8 Å². The van der Waals surface area contributed by atoms with Gasteiger partial charge < -0.3 is 5.73 Å². The van der Waals surface area contributed by atoms with Crippen LogP contribution < -0.4 is 5.73 Å². The molecule has 16 heavy (non-hydrogen) atoms. The van der Waals surface area contributed by atoms with Crippen molar-refractivity contribution in [3.8, 4) is 0 Å². The number of benzene rings is 1. The minimum Gasteiger partial charge on any atom is -0.399 e. The Bertz CT molecular complexity index is 459. The van der Waals surface area contributed by atoms with Gasteiger partial charge in [-0.1, -0.05) is 17.7 Å². The first-order valence-electron chi connectivity index (χ1n) is 4.91. The average Bonchev–Trinajstić information content (AvgIpc) is 2.21. The van der Waals surface area contributed by atoms with Crippen molar-refractivity contribution in [3.05, 3.63) is 46.6 Å². The second kappa shape index (κ2) is 5.52. The molecule has 1 aromatic carbocycles. The van der Waals surface area contributed by atoms with Crippen LogP contribution in [-0.4, -0.2) is 6.72 Å². The number of allylic oxidation sites excluding steroid dienone is 3. The molecule has 2 N–H and O–H groups in total. The quantitative estimate of drug-likeness (QED) is 0.483. The fourth-order valence-corrected chi connectivity index (χ4v) is 1.71. The summed E-state index contributed by atoms with van der Waals surface area (Å²) in [7, 11) is 0. The summed E-state index contributed by atoms with van der Waals surface area (Å²) >= 11 is 5.94. The number of aryl methyl sites for hydroxylation is 1. The van der Waals surface area contributed by atoms with Crippen LogP contribution in [0.5, 0.6) is 0 Å².